The quantitative estimate of drug-likeness (QED) is 0.228. The average Bonchev–Trinajstić information content (AvgIpc) is 3.50. The zero-order valence-electron chi connectivity index (χ0n) is 31.2. The zero-order chi connectivity index (χ0) is 37.7. The van der Waals surface area contributed by atoms with E-state index in [2.05, 4.69) is 57.7 Å². The van der Waals surface area contributed by atoms with Gasteiger partial charge in [0.25, 0.3) is 11.5 Å². The van der Waals surface area contributed by atoms with Gasteiger partial charge in [-0.05, 0) is 68.9 Å². The number of rotatable bonds is 10. The molecule has 4 N–H and O–H groups in total. The molecule has 0 aliphatic heterocycles. The SMILES string of the molecule is CC(C)(C)OC(=O)NCCN(C(=O)Cn1c(NC(=O)c2ccccc2)nc2nc[nH]c2c1=O)[C@H](C(=O)NC1=CC[C@H](C(C)(C)C)CC1)C(C)(C)C. The second-order valence-corrected chi connectivity index (χ2v) is 16.1. The minimum absolute atomic E-state index is 0.0409. The van der Waals surface area contributed by atoms with Crippen molar-refractivity contribution in [2.75, 3.05) is 18.4 Å². The van der Waals surface area contributed by atoms with Crippen LogP contribution in [0.3, 0.4) is 0 Å². The second kappa shape index (κ2) is 15.5. The molecule has 1 aliphatic rings. The van der Waals surface area contributed by atoms with Crippen molar-refractivity contribution in [1.29, 1.82) is 0 Å². The predicted octanol–water partition coefficient (Wildman–Crippen LogP) is 4.99. The zero-order valence-corrected chi connectivity index (χ0v) is 31.2. The first-order valence-electron chi connectivity index (χ1n) is 17.3. The number of ether oxygens (including phenoxy) is 1. The molecule has 2 atom stereocenters. The van der Waals surface area contributed by atoms with E-state index in [1.54, 1.807) is 51.1 Å². The van der Waals surface area contributed by atoms with Crippen LogP contribution >= 0.6 is 0 Å². The lowest BCUT2D eigenvalue weighted by Crippen LogP contribution is -2.58. The van der Waals surface area contributed by atoms with Crippen LogP contribution in [-0.4, -0.2) is 73.0 Å². The fraction of sp³-hybridized carbons (Fsp3) is 0.541. The topological polar surface area (TPSA) is 180 Å². The number of H-pyrrole nitrogens is 1. The van der Waals surface area contributed by atoms with Gasteiger partial charge in [0, 0.05) is 24.4 Å². The summed E-state index contributed by atoms with van der Waals surface area (Å²) in [6.07, 6.45) is 5.11. The summed E-state index contributed by atoms with van der Waals surface area (Å²) in [7, 11) is 0. The predicted molar refractivity (Wildman–Crippen MR) is 195 cm³/mol. The number of amides is 4. The molecule has 1 aliphatic carbocycles. The molecule has 4 amide bonds. The number of imidazole rings is 1. The van der Waals surface area contributed by atoms with Crippen molar-refractivity contribution in [2.24, 2.45) is 16.7 Å². The van der Waals surface area contributed by atoms with Gasteiger partial charge in [0.05, 0.1) is 6.33 Å². The third-order valence-electron chi connectivity index (χ3n) is 8.74. The molecule has 2 heterocycles. The number of carbonyl (C=O) groups is 4. The van der Waals surface area contributed by atoms with Gasteiger partial charge >= 0.3 is 6.09 Å². The Bertz CT molecular complexity index is 1830. The van der Waals surface area contributed by atoms with Crippen LogP contribution in [0.1, 0.15) is 91.9 Å². The van der Waals surface area contributed by atoms with Gasteiger partial charge < -0.3 is 25.3 Å². The minimum Gasteiger partial charge on any atom is -0.444 e. The van der Waals surface area contributed by atoms with Crippen LogP contribution < -0.4 is 21.5 Å². The monoisotopic (exact) mass is 704 g/mol. The van der Waals surface area contributed by atoms with Gasteiger partial charge in [-0.15, -0.1) is 0 Å². The minimum atomic E-state index is -1.02. The number of nitrogens with one attached hydrogen (secondary N) is 4. The van der Waals surface area contributed by atoms with Gasteiger partial charge in [-0.1, -0.05) is 65.8 Å². The number of nitrogens with zero attached hydrogens (tertiary/aromatic N) is 4. The fourth-order valence-electron chi connectivity index (χ4n) is 6.11. The largest absolute Gasteiger partial charge is 0.444 e. The van der Waals surface area contributed by atoms with E-state index in [1.165, 1.54) is 11.2 Å². The Morgan fingerprint density at radius 2 is 1.71 bits per heavy atom. The summed E-state index contributed by atoms with van der Waals surface area (Å²) in [6, 6.07) is 7.35. The Morgan fingerprint density at radius 3 is 2.29 bits per heavy atom. The number of fused-ring (bicyclic) bond motifs is 1. The van der Waals surface area contributed by atoms with E-state index in [0.29, 0.717) is 17.9 Å². The molecule has 2 aromatic heterocycles. The van der Waals surface area contributed by atoms with Crippen LogP contribution in [0.15, 0.2) is 53.2 Å². The van der Waals surface area contributed by atoms with E-state index in [1.807, 2.05) is 20.8 Å². The molecule has 0 fully saturated rings. The van der Waals surface area contributed by atoms with Crippen LogP contribution in [0.2, 0.25) is 0 Å². The average molecular weight is 705 g/mol. The summed E-state index contributed by atoms with van der Waals surface area (Å²) in [5.41, 5.74) is -0.812. The number of aromatic nitrogens is 4. The third kappa shape index (κ3) is 10.3. The molecule has 14 heteroatoms. The van der Waals surface area contributed by atoms with Crippen LogP contribution in [-0.2, 0) is 20.9 Å². The molecular weight excluding hydrogens is 652 g/mol. The van der Waals surface area contributed by atoms with Crippen LogP contribution in [0.4, 0.5) is 10.7 Å². The standard InChI is InChI=1S/C37H52N8O6/c1-35(2,3)24-15-17-25(18-16-24)41-31(48)28(36(4,5)6)44(20-19-38-34(50)51-37(7,8)9)26(46)21-45-32(49)27-29(40-22-39-27)42-33(45)43-30(47)23-13-11-10-12-14-23/h10-14,17,22,24,28H,15-16,18-21H2,1-9H3,(H,38,50)(H,39,40)(H,41,48)(H,42,43,47)/t24-,28+/m0/s1. The smallest absolute Gasteiger partial charge is 0.407 e. The molecule has 0 spiro atoms. The number of anilines is 1. The first-order valence-corrected chi connectivity index (χ1v) is 17.3. The maximum absolute atomic E-state index is 14.5. The number of allylic oxidation sites excluding steroid dienone is 2. The van der Waals surface area contributed by atoms with E-state index in [4.69, 9.17) is 4.74 Å². The Kier molecular flexibility index (Phi) is 11.8. The lowest BCUT2D eigenvalue weighted by Gasteiger charge is -2.40. The number of hydrogen-bond donors (Lipinski definition) is 4. The number of hydrogen-bond acceptors (Lipinski definition) is 8. The Balaban J connectivity index is 1.68. The van der Waals surface area contributed by atoms with Gasteiger partial charge in [0.15, 0.2) is 11.2 Å². The van der Waals surface area contributed by atoms with Crippen molar-refractivity contribution in [3.8, 4) is 0 Å². The highest BCUT2D eigenvalue weighted by Crippen LogP contribution is 2.37. The van der Waals surface area contributed by atoms with Gasteiger partial charge in [0.1, 0.15) is 18.2 Å². The van der Waals surface area contributed by atoms with Crippen molar-refractivity contribution >= 4 is 40.9 Å². The van der Waals surface area contributed by atoms with Crippen molar-refractivity contribution in [3.63, 3.8) is 0 Å². The molecule has 3 aromatic rings. The first-order chi connectivity index (χ1) is 23.7. The number of alkyl carbamates (subject to hydrolysis) is 1. The molecule has 0 saturated carbocycles. The van der Waals surface area contributed by atoms with E-state index < -0.39 is 47.1 Å². The maximum Gasteiger partial charge on any atom is 0.407 e. The number of carbonyl (C=O) groups excluding carboxylic acids is 4. The fourth-order valence-corrected chi connectivity index (χ4v) is 6.11. The number of aromatic amines is 1. The molecule has 0 saturated heterocycles. The van der Waals surface area contributed by atoms with E-state index >= 15 is 0 Å². The molecule has 51 heavy (non-hydrogen) atoms. The molecule has 14 nitrogen and oxygen atoms in total. The summed E-state index contributed by atoms with van der Waals surface area (Å²) >= 11 is 0. The van der Waals surface area contributed by atoms with Gasteiger partial charge in [-0.3, -0.25) is 29.1 Å². The molecule has 0 unspecified atom stereocenters. The third-order valence-corrected chi connectivity index (χ3v) is 8.74. The van der Waals surface area contributed by atoms with Crippen LogP contribution in [0.25, 0.3) is 11.2 Å². The van der Waals surface area contributed by atoms with E-state index in [0.717, 1.165) is 23.1 Å². The van der Waals surface area contributed by atoms with Crippen molar-refractivity contribution in [1.82, 2.24) is 35.1 Å². The summed E-state index contributed by atoms with van der Waals surface area (Å²) in [5.74, 6) is -1.26. The summed E-state index contributed by atoms with van der Waals surface area (Å²) in [5, 5.41) is 8.40. The summed E-state index contributed by atoms with van der Waals surface area (Å²) < 4.78 is 6.43. The normalized spacial score (nSPS) is 15.8. The lowest BCUT2D eigenvalue weighted by atomic mass is 9.74. The van der Waals surface area contributed by atoms with Gasteiger partial charge in [-0.2, -0.15) is 4.98 Å². The summed E-state index contributed by atoms with van der Waals surface area (Å²) in [6.45, 7) is 16.7. The van der Waals surface area contributed by atoms with Crippen LogP contribution in [0.5, 0.6) is 0 Å². The van der Waals surface area contributed by atoms with Crippen molar-refractivity contribution in [2.45, 2.75) is 99.8 Å². The molecule has 1 aromatic carbocycles. The van der Waals surface area contributed by atoms with Gasteiger partial charge in [0.2, 0.25) is 17.8 Å². The van der Waals surface area contributed by atoms with E-state index in [9.17, 15) is 24.0 Å². The first kappa shape index (κ1) is 38.8. The van der Waals surface area contributed by atoms with Crippen LogP contribution in [0, 0.1) is 16.7 Å². The second-order valence-electron chi connectivity index (χ2n) is 16.1. The molecule has 0 radical (unpaired) electrons. The molecule has 276 valence electrons. The van der Waals surface area contributed by atoms with Crippen molar-refractivity contribution in [3.05, 3.63) is 64.3 Å². The molecule has 0 bridgehead atoms. The molecular formula is C37H52N8O6. The van der Waals surface area contributed by atoms with Gasteiger partial charge in [-0.25, -0.2) is 9.78 Å². The highest BCUT2D eigenvalue weighted by Gasteiger charge is 2.40. The summed E-state index contributed by atoms with van der Waals surface area (Å²) in [4.78, 5) is 80.7. The van der Waals surface area contributed by atoms with Crippen molar-refractivity contribution < 1.29 is 23.9 Å². The highest BCUT2D eigenvalue weighted by molar-refractivity contribution is 6.03. The Labute approximate surface area is 298 Å². The number of benzene rings is 1. The lowest BCUT2D eigenvalue weighted by molar-refractivity contribution is -0.144. The van der Waals surface area contributed by atoms with E-state index in [-0.39, 0.29) is 41.5 Å². The Hall–Kier alpha value is -5.01. The molecule has 4 rings (SSSR count). The maximum atomic E-state index is 14.5. The Morgan fingerprint density at radius 1 is 1.02 bits per heavy atom. The highest BCUT2D eigenvalue weighted by atomic mass is 16.6.